The molecule has 0 bridgehead atoms. The van der Waals surface area contributed by atoms with Crippen molar-refractivity contribution in [2.24, 2.45) is 5.73 Å². The van der Waals surface area contributed by atoms with Gasteiger partial charge in [-0.25, -0.2) is 0 Å². The van der Waals surface area contributed by atoms with Crippen LogP contribution < -0.4 is 5.73 Å². The predicted molar refractivity (Wildman–Crippen MR) is 59.6 cm³/mol. The molecule has 2 nitrogen and oxygen atoms in total. The van der Waals surface area contributed by atoms with Crippen molar-refractivity contribution >= 4 is 11.6 Å². The maximum atomic E-state index is 8.81. The first-order chi connectivity index (χ1) is 6.56. The molecule has 3 N–H and O–H groups in total. The third-order valence-electron chi connectivity index (χ3n) is 2.29. The van der Waals surface area contributed by atoms with E-state index in [1.807, 2.05) is 19.9 Å². The third-order valence-corrected chi connectivity index (χ3v) is 2.60. The highest BCUT2D eigenvalue weighted by Gasteiger charge is 2.12. The van der Waals surface area contributed by atoms with Gasteiger partial charge in [-0.05, 0) is 43.0 Å². The molecule has 14 heavy (non-hydrogen) atoms. The van der Waals surface area contributed by atoms with Gasteiger partial charge >= 0.3 is 0 Å². The summed E-state index contributed by atoms with van der Waals surface area (Å²) in [5.74, 6) is 0. The number of aliphatic hydroxyl groups is 1. The van der Waals surface area contributed by atoms with Gasteiger partial charge in [0, 0.05) is 17.7 Å². The topological polar surface area (TPSA) is 46.2 Å². The fraction of sp³-hybridized carbons (Fsp3) is 0.455. The number of rotatable bonds is 3. The van der Waals surface area contributed by atoms with Crippen molar-refractivity contribution in [1.82, 2.24) is 0 Å². The second-order valence-corrected chi connectivity index (χ2v) is 4.00. The van der Waals surface area contributed by atoms with Crippen LogP contribution in [0.3, 0.4) is 0 Å². The first-order valence-electron chi connectivity index (χ1n) is 4.69. The minimum Gasteiger partial charge on any atom is -0.396 e. The van der Waals surface area contributed by atoms with Crippen molar-refractivity contribution < 1.29 is 5.11 Å². The molecule has 78 valence electrons. The summed E-state index contributed by atoms with van der Waals surface area (Å²) in [5.41, 5.74) is 9.09. The van der Waals surface area contributed by atoms with Gasteiger partial charge in [-0.15, -0.1) is 0 Å². The molecule has 3 heteroatoms. The number of hydrogen-bond acceptors (Lipinski definition) is 2. The average molecular weight is 214 g/mol. The summed E-state index contributed by atoms with van der Waals surface area (Å²) in [7, 11) is 0. The summed E-state index contributed by atoms with van der Waals surface area (Å²) in [6, 6.07) is 3.78. The molecule has 0 saturated carbocycles. The Labute approximate surface area is 89.7 Å². The molecule has 0 fully saturated rings. The Morgan fingerprint density at radius 3 is 2.57 bits per heavy atom. The Kier molecular flexibility index (Phi) is 3.93. The van der Waals surface area contributed by atoms with Crippen molar-refractivity contribution in [2.75, 3.05) is 6.61 Å². The van der Waals surface area contributed by atoms with Crippen LogP contribution in [0.5, 0.6) is 0 Å². The predicted octanol–water partition coefficient (Wildman–Crippen LogP) is 2.34. The molecule has 0 spiro atoms. The van der Waals surface area contributed by atoms with Crippen LogP contribution in [0.1, 0.15) is 29.2 Å². The second kappa shape index (κ2) is 4.78. The van der Waals surface area contributed by atoms with Gasteiger partial charge in [0.2, 0.25) is 0 Å². The molecule has 0 aromatic heterocycles. The van der Waals surface area contributed by atoms with E-state index in [4.69, 9.17) is 22.4 Å². The van der Waals surface area contributed by atoms with Crippen LogP contribution in [0.4, 0.5) is 0 Å². The molecule has 0 amide bonds. The van der Waals surface area contributed by atoms with Crippen molar-refractivity contribution in [3.63, 3.8) is 0 Å². The molecule has 1 unspecified atom stereocenters. The van der Waals surface area contributed by atoms with Crippen LogP contribution in [0, 0.1) is 13.8 Å². The summed E-state index contributed by atoms with van der Waals surface area (Å²) in [6.45, 7) is 4.08. The molecule has 0 radical (unpaired) electrons. The summed E-state index contributed by atoms with van der Waals surface area (Å²) < 4.78 is 0. The van der Waals surface area contributed by atoms with Crippen LogP contribution in [0.25, 0.3) is 0 Å². The molecule has 0 aliphatic heterocycles. The van der Waals surface area contributed by atoms with Crippen LogP contribution in [-0.4, -0.2) is 11.7 Å². The Morgan fingerprint density at radius 1 is 1.43 bits per heavy atom. The minimum atomic E-state index is -0.173. The highest BCUT2D eigenvalue weighted by Crippen LogP contribution is 2.28. The maximum absolute atomic E-state index is 8.81. The normalized spacial score (nSPS) is 12.9. The van der Waals surface area contributed by atoms with Gasteiger partial charge in [-0.2, -0.15) is 0 Å². The fourth-order valence-electron chi connectivity index (χ4n) is 1.68. The van der Waals surface area contributed by atoms with Gasteiger partial charge in [-0.3, -0.25) is 0 Å². The molecule has 0 heterocycles. The minimum absolute atomic E-state index is 0.0881. The Morgan fingerprint density at radius 2 is 2.07 bits per heavy atom. The highest BCUT2D eigenvalue weighted by atomic mass is 35.5. The van der Waals surface area contributed by atoms with Crippen LogP contribution in [-0.2, 0) is 0 Å². The Bertz CT molecular complexity index is 302. The van der Waals surface area contributed by atoms with Crippen molar-refractivity contribution in [3.05, 3.63) is 33.8 Å². The average Bonchev–Trinajstić information content (AvgIpc) is 2.01. The van der Waals surface area contributed by atoms with E-state index in [-0.39, 0.29) is 12.6 Å². The molecule has 1 atom stereocenters. The van der Waals surface area contributed by atoms with Gasteiger partial charge in [0.1, 0.15) is 0 Å². The molecular formula is C11H16ClNO. The zero-order valence-electron chi connectivity index (χ0n) is 8.55. The number of hydrogen-bond donors (Lipinski definition) is 2. The van der Waals surface area contributed by atoms with Crippen LogP contribution in [0.15, 0.2) is 12.1 Å². The summed E-state index contributed by atoms with van der Waals surface area (Å²) in [6.07, 6.45) is 0.545. The SMILES string of the molecule is Cc1cc(C)c(C(N)CCO)c(Cl)c1. The Balaban J connectivity index is 3.07. The molecule has 0 aliphatic carbocycles. The monoisotopic (exact) mass is 213 g/mol. The van der Waals surface area contributed by atoms with E-state index in [0.717, 1.165) is 16.7 Å². The smallest absolute Gasteiger partial charge is 0.0459 e. The van der Waals surface area contributed by atoms with E-state index in [1.165, 1.54) is 0 Å². The first-order valence-corrected chi connectivity index (χ1v) is 5.07. The van der Waals surface area contributed by atoms with Gasteiger partial charge in [0.25, 0.3) is 0 Å². The third kappa shape index (κ3) is 2.47. The summed E-state index contributed by atoms with van der Waals surface area (Å²) >= 11 is 6.10. The van der Waals surface area contributed by atoms with Crippen molar-refractivity contribution in [1.29, 1.82) is 0 Å². The number of aliphatic hydroxyl groups excluding tert-OH is 1. The van der Waals surface area contributed by atoms with E-state index < -0.39 is 0 Å². The quantitative estimate of drug-likeness (QED) is 0.810. The lowest BCUT2D eigenvalue weighted by Crippen LogP contribution is -2.14. The maximum Gasteiger partial charge on any atom is 0.0459 e. The van der Waals surface area contributed by atoms with Gasteiger partial charge in [0.05, 0.1) is 0 Å². The highest BCUT2D eigenvalue weighted by molar-refractivity contribution is 6.31. The van der Waals surface area contributed by atoms with Crippen LogP contribution >= 0.6 is 11.6 Å². The molecular weight excluding hydrogens is 198 g/mol. The lowest BCUT2D eigenvalue weighted by atomic mass is 9.98. The first kappa shape index (κ1) is 11.5. The number of aryl methyl sites for hydroxylation is 2. The van der Waals surface area contributed by atoms with E-state index in [1.54, 1.807) is 0 Å². The van der Waals surface area contributed by atoms with Gasteiger partial charge in [-0.1, -0.05) is 17.7 Å². The van der Waals surface area contributed by atoms with E-state index >= 15 is 0 Å². The lowest BCUT2D eigenvalue weighted by Gasteiger charge is -2.16. The van der Waals surface area contributed by atoms with E-state index in [0.29, 0.717) is 11.4 Å². The zero-order chi connectivity index (χ0) is 10.7. The van der Waals surface area contributed by atoms with Crippen molar-refractivity contribution in [3.8, 4) is 0 Å². The van der Waals surface area contributed by atoms with Gasteiger partial charge in [0.15, 0.2) is 0 Å². The number of halogens is 1. The molecule has 1 rings (SSSR count). The zero-order valence-corrected chi connectivity index (χ0v) is 9.30. The molecule has 1 aromatic carbocycles. The Hall–Kier alpha value is -0.570. The molecule has 1 aromatic rings. The second-order valence-electron chi connectivity index (χ2n) is 3.60. The summed E-state index contributed by atoms with van der Waals surface area (Å²) in [4.78, 5) is 0. The standard InChI is InChI=1S/C11H16ClNO/c1-7-5-8(2)11(9(12)6-7)10(13)3-4-14/h5-6,10,14H,3-4,13H2,1-2H3. The number of benzene rings is 1. The largest absolute Gasteiger partial charge is 0.396 e. The molecule has 0 aliphatic rings. The van der Waals surface area contributed by atoms with E-state index in [9.17, 15) is 0 Å². The lowest BCUT2D eigenvalue weighted by molar-refractivity contribution is 0.276. The van der Waals surface area contributed by atoms with E-state index in [2.05, 4.69) is 6.07 Å². The number of nitrogens with two attached hydrogens (primary N) is 1. The van der Waals surface area contributed by atoms with Crippen molar-refractivity contribution in [2.45, 2.75) is 26.3 Å². The van der Waals surface area contributed by atoms with Crippen LogP contribution in [0.2, 0.25) is 5.02 Å². The summed E-state index contributed by atoms with van der Waals surface area (Å²) in [5, 5.41) is 9.51. The fourth-order valence-corrected chi connectivity index (χ4v) is 2.14. The molecule has 0 saturated heterocycles. The van der Waals surface area contributed by atoms with Gasteiger partial charge < -0.3 is 10.8 Å².